The van der Waals surface area contributed by atoms with Crippen molar-refractivity contribution in [2.45, 2.75) is 65.2 Å². The third-order valence-electron chi connectivity index (χ3n) is 7.71. The van der Waals surface area contributed by atoms with Crippen LogP contribution in [0.5, 0.6) is 23.0 Å². The Labute approximate surface area is 375 Å². The number of carbonyl (C=O) groups is 2. The van der Waals surface area contributed by atoms with Crippen molar-refractivity contribution < 1.29 is 56.7 Å². The molecule has 4 aromatic carbocycles. The summed E-state index contributed by atoms with van der Waals surface area (Å²) in [4.78, 5) is 24.1. The third kappa shape index (κ3) is 31.0. The summed E-state index contributed by atoms with van der Waals surface area (Å²) in [5.74, 6) is 2.24. The van der Waals surface area contributed by atoms with Crippen molar-refractivity contribution >= 4 is 47.7 Å². The highest BCUT2D eigenvalue weighted by Gasteiger charge is 2.04. The van der Waals surface area contributed by atoms with Crippen LogP contribution in [0.25, 0.3) is 12.2 Å². The van der Waals surface area contributed by atoms with Crippen molar-refractivity contribution in [2.75, 3.05) is 52.8 Å². The average Bonchev–Trinajstić information content (AvgIpc) is 3.27. The highest BCUT2D eigenvalue weighted by atomic mass is 35.5. The molecule has 14 heteroatoms. The number of alkyl halides is 5. The quantitative estimate of drug-likeness (QED) is 0.0234. The molecule has 62 heavy (non-hydrogen) atoms. The number of phenolic OH excluding ortho intramolecular Hbond substituents is 1. The number of ketones is 2. The molecule has 0 spiro atoms. The summed E-state index contributed by atoms with van der Waals surface area (Å²) in [6.45, 7) is 1.87. The number of halogens is 6. The van der Waals surface area contributed by atoms with E-state index in [4.69, 9.17) is 36.4 Å². The maximum atomic E-state index is 12.2. The molecule has 0 aromatic heterocycles. The van der Waals surface area contributed by atoms with Crippen LogP contribution in [0.3, 0.4) is 0 Å². The topological polar surface area (TPSA) is 123 Å². The van der Waals surface area contributed by atoms with Crippen molar-refractivity contribution in [1.29, 1.82) is 0 Å². The molecule has 0 aliphatic rings. The van der Waals surface area contributed by atoms with Crippen LogP contribution in [0.1, 0.15) is 97.1 Å². The van der Waals surface area contributed by atoms with Crippen molar-refractivity contribution in [2.24, 2.45) is 0 Å². The zero-order chi connectivity index (χ0) is 45.4. The minimum Gasteiger partial charge on any atom is -0.508 e. The van der Waals surface area contributed by atoms with E-state index in [0.717, 1.165) is 74.1 Å². The summed E-state index contributed by atoms with van der Waals surface area (Å²) in [6, 6.07) is 26.6. The van der Waals surface area contributed by atoms with Crippen molar-refractivity contribution in [3.8, 4) is 23.0 Å². The highest BCUT2D eigenvalue weighted by molar-refractivity contribution is 6.17. The Morgan fingerprint density at radius 2 is 0.871 bits per heavy atom. The number of aliphatic hydroxyl groups excluding tert-OH is 2. The third-order valence-corrected chi connectivity index (χ3v) is 7.98. The van der Waals surface area contributed by atoms with E-state index < -0.39 is 13.7 Å². The SMILES string of the molecule is CCF.CCF.Cl.O=C(C=Cc1ccc(OCF)cc1)c1ccc(O)cc1.O=C(C=Cc1ccc(OCF)cc1)c1ccc(OCCCCCCO)cc1.OCCCCCCCl. The number of benzene rings is 4. The molecule has 0 heterocycles. The lowest BCUT2D eigenvalue weighted by Gasteiger charge is -2.06. The smallest absolute Gasteiger partial charge is 0.228 e. The lowest BCUT2D eigenvalue weighted by atomic mass is 10.1. The summed E-state index contributed by atoms with van der Waals surface area (Å²) < 4.78 is 59.7. The minimum absolute atomic E-state index is 0. The number of hydrogen-bond acceptors (Lipinski definition) is 8. The largest absolute Gasteiger partial charge is 0.508 e. The van der Waals surface area contributed by atoms with Gasteiger partial charge in [0.15, 0.2) is 11.6 Å². The maximum absolute atomic E-state index is 12.2. The van der Waals surface area contributed by atoms with E-state index in [1.54, 1.807) is 97.1 Å². The van der Waals surface area contributed by atoms with Gasteiger partial charge in [-0.3, -0.25) is 18.4 Å². The number of carbonyl (C=O) groups excluding carboxylic acids is 2. The van der Waals surface area contributed by atoms with E-state index in [-0.39, 0.29) is 49.7 Å². The van der Waals surface area contributed by atoms with Gasteiger partial charge < -0.3 is 29.5 Å². The number of aliphatic hydroxyl groups is 2. The first-order valence-corrected chi connectivity index (χ1v) is 20.6. The van der Waals surface area contributed by atoms with Gasteiger partial charge in [-0.1, -0.05) is 55.7 Å². The molecule has 4 aromatic rings. The van der Waals surface area contributed by atoms with Crippen LogP contribution >= 0.6 is 24.0 Å². The molecule has 0 saturated carbocycles. The fourth-order valence-electron chi connectivity index (χ4n) is 4.67. The maximum Gasteiger partial charge on any atom is 0.228 e. The van der Waals surface area contributed by atoms with Gasteiger partial charge in [-0.2, -0.15) is 0 Å². The first-order chi connectivity index (χ1) is 29.7. The molecular weight excluding hydrogens is 851 g/mol. The lowest BCUT2D eigenvalue weighted by molar-refractivity contribution is 0.103. The molecule has 0 aliphatic carbocycles. The fourth-order valence-corrected chi connectivity index (χ4v) is 4.86. The number of hydrogen-bond donors (Lipinski definition) is 3. The summed E-state index contributed by atoms with van der Waals surface area (Å²) in [7, 11) is 0. The van der Waals surface area contributed by atoms with E-state index in [1.165, 1.54) is 38.1 Å². The molecule has 0 amide bonds. The first kappa shape index (κ1) is 59.2. The minimum atomic E-state index is -0.867. The molecule has 8 nitrogen and oxygen atoms in total. The Morgan fingerprint density at radius 3 is 1.24 bits per heavy atom. The number of ether oxygens (including phenoxy) is 3. The fraction of sp³-hybridized carbons (Fsp3) is 0.375. The summed E-state index contributed by atoms with van der Waals surface area (Å²) in [6.07, 6.45) is 14.4. The van der Waals surface area contributed by atoms with Crippen molar-refractivity contribution in [1.82, 2.24) is 0 Å². The standard InChI is InChI=1S/C22H25FO4.C16H13FO3.C6H13ClO.2C2H5F.ClH/c23-17-27-21-10-5-18(6-11-21)7-14-22(25)19-8-12-20(13-9-19)26-16-4-2-1-3-15-24;17-11-20-15-8-1-12(2-9-15)3-10-16(19)13-4-6-14(18)7-5-13;7-5-3-1-2-4-6-8;2*1-2-3;/h5-14,24H,1-4,15-17H2;1-10,18H,11H2;8H,1-6H2;2*2H2,1H3;1H. The second-order valence-electron chi connectivity index (χ2n) is 12.5. The molecular formula is C48H62Cl2F4O8. The van der Waals surface area contributed by atoms with Gasteiger partial charge in [0.2, 0.25) is 13.7 Å². The van der Waals surface area contributed by atoms with Crippen LogP contribution in [0.2, 0.25) is 0 Å². The molecule has 0 saturated heterocycles. The van der Waals surface area contributed by atoms with E-state index in [0.29, 0.717) is 35.8 Å². The number of phenols is 1. The molecule has 0 aliphatic heterocycles. The Kier molecular flexibility index (Phi) is 39.6. The summed E-state index contributed by atoms with van der Waals surface area (Å²) in [5, 5.41) is 26.2. The second-order valence-corrected chi connectivity index (χ2v) is 12.8. The Balaban J connectivity index is 0. The molecule has 344 valence electrons. The van der Waals surface area contributed by atoms with E-state index in [9.17, 15) is 27.2 Å². The molecule has 0 atom stereocenters. The van der Waals surface area contributed by atoms with Gasteiger partial charge in [0.1, 0.15) is 23.0 Å². The second kappa shape index (κ2) is 41.5. The van der Waals surface area contributed by atoms with E-state index in [1.807, 2.05) is 0 Å². The molecule has 0 bridgehead atoms. The van der Waals surface area contributed by atoms with Gasteiger partial charge in [0, 0.05) is 30.2 Å². The molecule has 3 N–H and O–H groups in total. The van der Waals surface area contributed by atoms with Gasteiger partial charge >= 0.3 is 0 Å². The molecule has 0 fully saturated rings. The lowest BCUT2D eigenvalue weighted by Crippen LogP contribution is -1.99. The van der Waals surface area contributed by atoms with E-state index in [2.05, 4.69) is 4.74 Å². The predicted molar refractivity (Wildman–Crippen MR) is 245 cm³/mol. The van der Waals surface area contributed by atoms with Crippen molar-refractivity contribution in [3.05, 3.63) is 131 Å². The van der Waals surface area contributed by atoms with Crippen LogP contribution in [0.4, 0.5) is 17.6 Å². The van der Waals surface area contributed by atoms with Crippen molar-refractivity contribution in [3.63, 3.8) is 0 Å². The Hall–Kier alpha value is -4.88. The Bertz CT molecular complexity index is 1700. The van der Waals surface area contributed by atoms with E-state index >= 15 is 0 Å². The number of rotatable bonds is 22. The zero-order valence-electron chi connectivity index (χ0n) is 35.5. The van der Waals surface area contributed by atoms with Crippen LogP contribution in [-0.4, -0.2) is 79.7 Å². The van der Waals surface area contributed by atoms with Gasteiger partial charge in [-0.25, -0.2) is 8.78 Å². The first-order valence-electron chi connectivity index (χ1n) is 20.1. The monoisotopic (exact) mass is 912 g/mol. The van der Waals surface area contributed by atoms with Crippen LogP contribution in [0, 0.1) is 0 Å². The van der Waals surface area contributed by atoms with Gasteiger partial charge in [0.25, 0.3) is 0 Å². The number of unbranched alkanes of at least 4 members (excludes halogenated alkanes) is 6. The van der Waals surface area contributed by atoms with Crippen LogP contribution in [-0.2, 0) is 0 Å². The molecule has 0 unspecified atom stereocenters. The summed E-state index contributed by atoms with van der Waals surface area (Å²) >= 11 is 5.42. The molecule has 0 radical (unpaired) electrons. The number of aromatic hydroxyl groups is 1. The van der Waals surface area contributed by atoms with Gasteiger partial charge in [-0.15, -0.1) is 24.0 Å². The molecule has 4 rings (SSSR count). The predicted octanol–water partition coefficient (Wildman–Crippen LogP) is 12.6. The van der Waals surface area contributed by atoms with Gasteiger partial charge in [0.05, 0.1) is 20.0 Å². The normalized spacial score (nSPS) is 10.0. The van der Waals surface area contributed by atoms with Crippen LogP contribution in [0.15, 0.2) is 109 Å². The number of allylic oxidation sites excluding steroid dienone is 2. The van der Waals surface area contributed by atoms with Crippen LogP contribution < -0.4 is 14.2 Å². The average molecular weight is 914 g/mol. The summed E-state index contributed by atoms with van der Waals surface area (Å²) in [5.41, 5.74) is 2.72. The highest BCUT2D eigenvalue weighted by Crippen LogP contribution is 2.17. The van der Waals surface area contributed by atoms with Gasteiger partial charge in [-0.05, 0) is 142 Å². The Morgan fingerprint density at radius 1 is 0.532 bits per heavy atom. The zero-order valence-corrected chi connectivity index (χ0v) is 37.1.